The van der Waals surface area contributed by atoms with Gasteiger partial charge in [0.25, 0.3) is 0 Å². The Morgan fingerprint density at radius 3 is 2.53 bits per heavy atom. The molecule has 1 aromatic carbocycles. The lowest BCUT2D eigenvalue weighted by molar-refractivity contribution is 0.0697. The normalized spacial score (nSPS) is 19.1. The highest BCUT2D eigenvalue weighted by Crippen LogP contribution is 2.37. The van der Waals surface area contributed by atoms with Crippen LogP contribution in [0.15, 0.2) is 22.7 Å². The zero-order valence-electron chi connectivity index (χ0n) is 11.4. The number of aromatic carboxylic acids is 1. The molecule has 2 N–H and O–H groups in total. The van der Waals surface area contributed by atoms with Crippen molar-refractivity contribution in [3.8, 4) is 0 Å². The lowest BCUT2D eigenvalue weighted by atomic mass is 9.75. The maximum atomic E-state index is 10.9. The number of carboxylic acid groups (broad SMARTS) is 1. The molecular formula is C15H20BrNO2. The summed E-state index contributed by atoms with van der Waals surface area (Å²) >= 11 is 3.44. The van der Waals surface area contributed by atoms with E-state index in [9.17, 15) is 4.79 Å². The number of hydrogen-bond acceptors (Lipinski definition) is 2. The minimum atomic E-state index is -0.897. The average molecular weight is 326 g/mol. The summed E-state index contributed by atoms with van der Waals surface area (Å²) in [7, 11) is 0. The summed E-state index contributed by atoms with van der Waals surface area (Å²) in [6.45, 7) is 4.64. The van der Waals surface area contributed by atoms with Gasteiger partial charge >= 0.3 is 5.97 Å². The standard InChI is InChI=1S/C15H20BrNO2/c1-15(2)7-5-11(6-8-15)17-13-4-3-10(14(18)19)9-12(13)16/h3-4,9,11,17H,5-8H2,1-2H3,(H,18,19). The molecule has 1 fully saturated rings. The van der Waals surface area contributed by atoms with E-state index in [1.54, 1.807) is 12.1 Å². The number of halogens is 1. The molecule has 104 valence electrons. The molecule has 4 heteroatoms. The molecule has 0 bridgehead atoms. The zero-order valence-corrected chi connectivity index (χ0v) is 13.0. The van der Waals surface area contributed by atoms with Crippen molar-refractivity contribution in [3.05, 3.63) is 28.2 Å². The predicted octanol–water partition coefficient (Wildman–Crippen LogP) is 4.53. The molecule has 0 spiro atoms. The van der Waals surface area contributed by atoms with E-state index in [0.29, 0.717) is 17.0 Å². The van der Waals surface area contributed by atoms with E-state index in [4.69, 9.17) is 5.11 Å². The lowest BCUT2D eigenvalue weighted by Gasteiger charge is -2.35. The fourth-order valence-electron chi connectivity index (χ4n) is 2.53. The summed E-state index contributed by atoms with van der Waals surface area (Å²) in [5, 5.41) is 12.5. The van der Waals surface area contributed by atoms with E-state index < -0.39 is 5.97 Å². The first-order valence-corrected chi connectivity index (χ1v) is 7.46. The number of anilines is 1. The molecule has 1 aliphatic rings. The summed E-state index contributed by atoms with van der Waals surface area (Å²) in [6, 6.07) is 5.62. The first-order valence-electron chi connectivity index (χ1n) is 6.67. The molecule has 0 heterocycles. The fourth-order valence-corrected chi connectivity index (χ4v) is 3.02. The second kappa shape index (κ2) is 5.53. The Bertz CT molecular complexity index is 475. The van der Waals surface area contributed by atoms with Crippen LogP contribution in [0.1, 0.15) is 49.9 Å². The van der Waals surface area contributed by atoms with Crippen LogP contribution in [0.25, 0.3) is 0 Å². The van der Waals surface area contributed by atoms with Gasteiger partial charge in [0, 0.05) is 16.2 Å². The van der Waals surface area contributed by atoms with Gasteiger partial charge in [-0.25, -0.2) is 4.79 Å². The van der Waals surface area contributed by atoms with E-state index in [-0.39, 0.29) is 0 Å². The summed E-state index contributed by atoms with van der Waals surface area (Å²) in [6.07, 6.45) is 4.80. The Balaban J connectivity index is 2.02. The van der Waals surface area contributed by atoms with Crippen LogP contribution >= 0.6 is 15.9 Å². The van der Waals surface area contributed by atoms with Gasteiger partial charge in [-0.3, -0.25) is 0 Å². The number of nitrogens with one attached hydrogen (secondary N) is 1. The highest BCUT2D eigenvalue weighted by Gasteiger charge is 2.26. The third kappa shape index (κ3) is 3.72. The summed E-state index contributed by atoms with van der Waals surface area (Å²) in [5.41, 5.74) is 1.75. The van der Waals surface area contributed by atoms with Crippen LogP contribution in [0, 0.1) is 5.41 Å². The number of hydrogen-bond donors (Lipinski definition) is 2. The van der Waals surface area contributed by atoms with Gasteiger partial charge in [0.2, 0.25) is 0 Å². The van der Waals surface area contributed by atoms with Crippen LogP contribution in [0.5, 0.6) is 0 Å². The molecule has 2 rings (SSSR count). The first-order chi connectivity index (χ1) is 8.87. The van der Waals surface area contributed by atoms with Crippen molar-refractivity contribution in [1.29, 1.82) is 0 Å². The van der Waals surface area contributed by atoms with Crippen LogP contribution in [0.2, 0.25) is 0 Å². The van der Waals surface area contributed by atoms with E-state index in [1.807, 2.05) is 6.07 Å². The average Bonchev–Trinajstić information content (AvgIpc) is 2.34. The molecule has 0 unspecified atom stereocenters. The van der Waals surface area contributed by atoms with Crippen molar-refractivity contribution in [1.82, 2.24) is 0 Å². The predicted molar refractivity (Wildman–Crippen MR) is 80.8 cm³/mol. The maximum absolute atomic E-state index is 10.9. The van der Waals surface area contributed by atoms with Gasteiger partial charge < -0.3 is 10.4 Å². The molecule has 0 amide bonds. The van der Waals surface area contributed by atoms with Crippen LogP contribution in [-0.2, 0) is 0 Å². The van der Waals surface area contributed by atoms with Gasteiger partial charge in [-0.05, 0) is 65.2 Å². The van der Waals surface area contributed by atoms with Crippen molar-refractivity contribution in [2.45, 2.75) is 45.6 Å². The quantitative estimate of drug-likeness (QED) is 0.858. The van der Waals surface area contributed by atoms with Crippen molar-refractivity contribution in [2.75, 3.05) is 5.32 Å². The molecule has 0 atom stereocenters. The highest BCUT2D eigenvalue weighted by atomic mass is 79.9. The Kier molecular flexibility index (Phi) is 4.19. The van der Waals surface area contributed by atoms with E-state index >= 15 is 0 Å². The van der Waals surface area contributed by atoms with Crippen LogP contribution in [0.4, 0.5) is 5.69 Å². The summed E-state index contributed by atoms with van der Waals surface area (Å²) in [4.78, 5) is 10.9. The first kappa shape index (κ1) is 14.4. The van der Waals surface area contributed by atoms with Gasteiger partial charge in [0.1, 0.15) is 0 Å². The van der Waals surface area contributed by atoms with E-state index in [2.05, 4.69) is 35.1 Å². The second-order valence-corrected chi connectivity index (χ2v) is 6.94. The third-order valence-electron chi connectivity index (χ3n) is 3.91. The summed E-state index contributed by atoms with van der Waals surface area (Å²) < 4.78 is 0.817. The van der Waals surface area contributed by atoms with Gasteiger partial charge in [0.05, 0.1) is 5.56 Å². The number of carboxylic acids is 1. The second-order valence-electron chi connectivity index (χ2n) is 6.08. The van der Waals surface area contributed by atoms with E-state index in [1.165, 1.54) is 25.7 Å². The Hall–Kier alpha value is -1.03. The van der Waals surface area contributed by atoms with Crippen LogP contribution < -0.4 is 5.32 Å². The van der Waals surface area contributed by atoms with Crippen molar-refractivity contribution in [3.63, 3.8) is 0 Å². The SMILES string of the molecule is CC1(C)CCC(Nc2ccc(C(=O)O)cc2Br)CC1. The molecule has 3 nitrogen and oxygen atoms in total. The van der Waals surface area contributed by atoms with E-state index in [0.717, 1.165) is 10.2 Å². The third-order valence-corrected chi connectivity index (χ3v) is 4.57. The Labute approximate surface area is 122 Å². The van der Waals surface area contributed by atoms with Crippen molar-refractivity contribution < 1.29 is 9.90 Å². The van der Waals surface area contributed by atoms with Crippen molar-refractivity contribution in [2.24, 2.45) is 5.41 Å². The molecule has 1 saturated carbocycles. The molecule has 19 heavy (non-hydrogen) atoms. The minimum absolute atomic E-state index is 0.308. The number of carbonyl (C=O) groups is 1. The van der Waals surface area contributed by atoms with Crippen LogP contribution in [-0.4, -0.2) is 17.1 Å². The summed E-state index contributed by atoms with van der Waals surface area (Å²) in [5.74, 6) is -0.897. The molecule has 0 radical (unpaired) electrons. The topological polar surface area (TPSA) is 49.3 Å². The Morgan fingerprint density at radius 1 is 1.37 bits per heavy atom. The zero-order chi connectivity index (χ0) is 14.0. The lowest BCUT2D eigenvalue weighted by Crippen LogP contribution is -2.29. The van der Waals surface area contributed by atoms with Gasteiger partial charge in [0.15, 0.2) is 0 Å². The monoisotopic (exact) mass is 325 g/mol. The minimum Gasteiger partial charge on any atom is -0.478 e. The maximum Gasteiger partial charge on any atom is 0.335 e. The van der Waals surface area contributed by atoms with Gasteiger partial charge in [-0.15, -0.1) is 0 Å². The van der Waals surface area contributed by atoms with Gasteiger partial charge in [-0.2, -0.15) is 0 Å². The molecule has 0 saturated heterocycles. The Morgan fingerprint density at radius 2 is 2.00 bits per heavy atom. The highest BCUT2D eigenvalue weighted by molar-refractivity contribution is 9.10. The molecule has 0 aliphatic heterocycles. The van der Waals surface area contributed by atoms with Gasteiger partial charge in [-0.1, -0.05) is 13.8 Å². The molecule has 1 aliphatic carbocycles. The van der Waals surface area contributed by atoms with Crippen molar-refractivity contribution >= 4 is 27.6 Å². The molecule has 0 aromatic heterocycles. The number of benzene rings is 1. The fraction of sp³-hybridized carbons (Fsp3) is 0.533. The number of rotatable bonds is 3. The largest absolute Gasteiger partial charge is 0.478 e. The smallest absolute Gasteiger partial charge is 0.335 e. The molecular weight excluding hydrogens is 306 g/mol. The molecule has 1 aromatic rings. The van der Waals surface area contributed by atoms with Crippen LogP contribution in [0.3, 0.4) is 0 Å².